The topological polar surface area (TPSA) is 77.5 Å². The van der Waals surface area contributed by atoms with Gasteiger partial charge in [0.1, 0.15) is 18.7 Å². The van der Waals surface area contributed by atoms with Crippen LogP contribution < -0.4 is 25.7 Å². The van der Waals surface area contributed by atoms with E-state index in [-0.39, 0.29) is 17.7 Å². The van der Waals surface area contributed by atoms with E-state index in [2.05, 4.69) is 98.3 Å². The summed E-state index contributed by atoms with van der Waals surface area (Å²) in [6.45, 7) is 10.3. The lowest BCUT2D eigenvalue weighted by Gasteiger charge is -2.43. The van der Waals surface area contributed by atoms with Crippen molar-refractivity contribution in [2.75, 3.05) is 72.6 Å². The molecule has 0 aliphatic carbocycles. The summed E-state index contributed by atoms with van der Waals surface area (Å²) < 4.78 is 23.9. The first-order chi connectivity index (χ1) is 24.3. The van der Waals surface area contributed by atoms with Crippen molar-refractivity contribution in [2.45, 2.75) is 76.8 Å². The molecule has 2 fully saturated rings. The molecule has 50 heavy (non-hydrogen) atoms. The number of aromatic nitrogens is 1. The fourth-order valence-corrected chi connectivity index (χ4v) is 8.27. The number of alkyl halides is 1. The largest absolute Gasteiger partial charge is 0.487 e. The van der Waals surface area contributed by atoms with E-state index in [1.165, 1.54) is 30.5 Å². The highest BCUT2D eigenvalue weighted by molar-refractivity contribution is 5.92. The standard InChI is InChI=1S/C38H53N7O3.CH3F/c1-26-9-6-7-18-44(26)33-13-12-32-36-38(33)48-25-27(2)45(36)22-29(37(32)46)21-43(20-28-15-16-40-35(19-28)47-5)30-10-8-17-42(24-30)31-11-14-34(39-3)41(4)23-31;1-2/h11-16,19,22,26-27,30,35,39-40H,6-10,17-18,20-21,23-25H2,1-5H3;1H3. The predicted octanol–water partition coefficient (Wildman–Crippen LogP) is 5.09. The van der Waals surface area contributed by atoms with Gasteiger partial charge in [-0.1, -0.05) is 0 Å². The molecule has 6 heterocycles. The highest BCUT2D eigenvalue weighted by atomic mass is 19.1. The van der Waals surface area contributed by atoms with Crippen molar-refractivity contribution in [1.82, 2.24) is 29.9 Å². The number of piperidine rings is 2. The van der Waals surface area contributed by atoms with Crippen LogP contribution in [-0.2, 0) is 11.3 Å². The minimum atomic E-state index is -0.155. The first-order valence-electron chi connectivity index (χ1n) is 18.3. The number of dihydropyridines is 1. The molecule has 4 atom stereocenters. The van der Waals surface area contributed by atoms with Crippen molar-refractivity contribution < 1.29 is 13.9 Å². The van der Waals surface area contributed by atoms with Crippen molar-refractivity contribution in [3.05, 3.63) is 81.7 Å². The maximum absolute atomic E-state index is 14.4. The van der Waals surface area contributed by atoms with Crippen molar-refractivity contribution in [1.29, 1.82) is 0 Å². The third-order valence-electron chi connectivity index (χ3n) is 11.0. The first-order valence-corrected chi connectivity index (χ1v) is 18.3. The van der Waals surface area contributed by atoms with E-state index in [4.69, 9.17) is 9.47 Å². The summed E-state index contributed by atoms with van der Waals surface area (Å²) in [6.07, 6.45) is 18.5. The second-order valence-electron chi connectivity index (χ2n) is 14.3. The van der Waals surface area contributed by atoms with Gasteiger partial charge >= 0.3 is 0 Å². The SMILES string of the molecule is CF.CNC1=CC=C(N2CCCC(N(CC3=CC(OC)NC=C3)Cc3cn4c5c(c(N6CCCCC6C)ccc5c3=O)OCC4C)C2)CN1C. The Morgan fingerprint density at radius 3 is 2.68 bits per heavy atom. The van der Waals surface area contributed by atoms with Gasteiger partial charge in [-0.2, -0.15) is 0 Å². The number of hydrogen-bond acceptors (Lipinski definition) is 9. The number of ether oxygens (including phenoxy) is 2. The van der Waals surface area contributed by atoms with Crippen LogP contribution in [0.3, 0.4) is 0 Å². The molecular formula is C39H56FN7O3. The summed E-state index contributed by atoms with van der Waals surface area (Å²) in [4.78, 5) is 24.3. The second kappa shape index (κ2) is 15.9. The van der Waals surface area contributed by atoms with Gasteiger partial charge in [0.05, 0.1) is 31.0 Å². The molecule has 0 radical (unpaired) electrons. The van der Waals surface area contributed by atoms with E-state index in [0.717, 1.165) is 79.3 Å². The first kappa shape index (κ1) is 35.9. The fraction of sp³-hybridized carbons (Fsp3) is 0.564. The quantitative estimate of drug-likeness (QED) is 0.375. The molecule has 5 aliphatic heterocycles. The molecule has 0 saturated carbocycles. The molecule has 0 bridgehead atoms. The Labute approximate surface area is 296 Å². The molecule has 4 unspecified atom stereocenters. The van der Waals surface area contributed by atoms with Crippen molar-refractivity contribution in [3.8, 4) is 5.75 Å². The summed E-state index contributed by atoms with van der Waals surface area (Å²) in [5.41, 5.74) is 5.57. The number of allylic oxidation sites excluding steroid dienone is 2. The van der Waals surface area contributed by atoms with E-state index in [1.54, 1.807) is 7.11 Å². The molecule has 2 aromatic rings. The van der Waals surface area contributed by atoms with Gasteiger partial charge in [0, 0.05) is 88.9 Å². The molecule has 7 rings (SSSR count). The number of likely N-dealkylation sites (tertiary alicyclic amines) is 1. The van der Waals surface area contributed by atoms with Gasteiger partial charge in [0.15, 0.2) is 11.2 Å². The summed E-state index contributed by atoms with van der Waals surface area (Å²) in [5, 5.41) is 7.31. The van der Waals surface area contributed by atoms with Crippen molar-refractivity contribution in [2.24, 2.45) is 0 Å². The molecule has 2 N–H and O–H groups in total. The van der Waals surface area contributed by atoms with E-state index in [1.807, 2.05) is 13.2 Å². The maximum Gasteiger partial charge on any atom is 0.194 e. The molecule has 0 spiro atoms. The number of hydrogen-bond donors (Lipinski definition) is 2. The number of rotatable bonds is 9. The molecule has 5 aliphatic rings. The lowest BCUT2D eigenvalue weighted by Crippen LogP contribution is -2.49. The fourth-order valence-electron chi connectivity index (χ4n) is 8.27. The summed E-state index contributed by atoms with van der Waals surface area (Å²) in [6, 6.07) is 5.09. The van der Waals surface area contributed by atoms with Crippen LogP contribution in [0.2, 0.25) is 0 Å². The smallest absolute Gasteiger partial charge is 0.194 e. The van der Waals surface area contributed by atoms with Gasteiger partial charge in [-0.05, 0) is 94.2 Å². The molecular weight excluding hydrogens is 633 g/mol. The van der Waals surface area contributed by atoms with Crippen LogP contribution in [0, 0.1) is 0 Å². The number of nitrogens with zero attached hydrogens (tertiary/aromatic N) is 5. The average molecular weight is 690 g/mol. The third kappa shape index (κ3) is 7.26. The average Bonchev–Trinajstić information content (AvgIpc) is 3.15. The highest BCUT2D eigenvalue weighted by Crippen LogP contribution is 2.42. The molecule has 11 heteroatoms. The van der Waals surface area contributed by atoms with Crippen LogP contribution in [0.25, 0.3) is 10.9 Å². The minimum absolute atomic E-state index is 0.113. The Morgan fingerprint density at radius 1 is 1.08 bits per heavy atom. The zero-order valence-corrected chi connectivity index (χ0v) is 30.8. The Balaban J connectivity index is 0.00000212. The monoisotopic (exact) mass is 689 g/mol. The number of methoxy groups -OCH3 is 1. The highest BCUT2D eigenvalue weighted by Gasteiger charge is 2.32. The number of nitrogens with one attached hydrogen (secondary N) is 2. The molecule has 0 amide bonds. The van der Waals surface area contributed by atoms with Gasteiger partial charge in [-0.15, -0.1) is 0 Å². The Kier molecular flexibility index (Phi) is 11.4. The zero-order chi connectivity index (χ0) is 35.4. The van der Waals surface area contributed by atoms with Gasteiger partial charge in [-0.25, -0.2) is 0 Å². The van der Waals surface area contributed by atoms with Gasteiger partial charge in [0.2, 0.25) is 0 Å². The van der Waals surface area contributed by atoms with E-state index in [0.29, 0.717) is 32.4 Å². The Bertz CT molecular complexity index is 1700. The summed E-state index contributed by atoms with van der Waals surface area (Å²) in [5.74, 6) is 2.01. The zero-order valence-electron chi connectivity index (χ0n) is 30.8. The van der Waals surface area contributed by atoms with E-state index in [9.17, 15) is 9.18 Å². The molecule has 1 aromatic heterocycles. The number of anilines is 1. The number of benzene rings is 1. The molecule has 10 nitrogen and oxygen atoms in total. The summed E-state index contributed by atoms with van der Waals surface area (Å²) >= 11 is 0. The minimum Gasteiger partial charge on any atom is -0.487 e. The van der Waals surface area contributed by atoms with Gasteiger partial charge in [0.25, 0.3) is 0 Å². The van der Waals surface area contributed by atoms with Crippen molar-refractivity contribution >= 4 is 16.6 Å². The lowest BCUT2D eigenvalue weighted by atomic mass is 9.99. The normalized spacial score (nSPS) is 24.9. The van der Waals surface area contributed by atoms with Crippen molar-refractivity contribution in [3.63, 3.8) is 0 Å². The molecule has 272 valence electrons. The van der Waals surface area contributed by atoms with Crippen LogP contribution >= 0.6 is 0 Å². The van der Waals surface area contributed by atoms with Crippen LogP contribution in [-0.4, -0.2) is 105 Å². The molecule has 2 saturated heterocycles. The predicted molar refractivity (Wildman–Crippen MR) is 200 cm³/mol. The second-order valence-corrected chi connectivity index (χ2v) is 14.3. The number of halogens is 1. The third-order valence-corrected chi connectivity index (χ3v) is 11.0. The Morgan fingerprint density at radius 2 is 1.92 bits per heavy atom. The van der Waals surface area contributed by atoms with Gasteiger partial charge in [-0.3, -0.25) is 14.1 Å². The summed E-state index contributed by atoms with van der Waals surface area (Å²) in [7, 11) is 6.33. The number of likely N-dealkylation sites (N-methyl/N-ethyl adjacent to an activating group) is 1. The van der Waals surface area contributed by atoms with Crippen LogP contribution in [0.15, 0.2) is 70.7 Å². The molecule has 1 aromatic carbocycles. The van der Waals surface area contributed by atoms with Gasteiger partial charge < -0.3 is 39.4 Å². The van der Waals surface area contributed by atoms with Crippen LogP contribution in [0.1, 0.15) is 57.6 Å². The Hall–Kier alpha value is -3.96. The van der Waals surface area contributed by atoms with Crippen LogP contribution in [0.4, 0.5) is 10.1 Å². The van der Waals surface area contributed by atoms with E-state index < -0.39 is 0 Å². The van der Waals surface area contributed by atoms with E-state index >= 15 is 0 Å². The lowest BCUT2D eigenvalue weighted by molar-refractivity contribution is 0.108. The maximum atomic E-state index is 14.4. The van der Waals surface area contributed by atoms with Crippen LogP contribution in [0.5, 0.6) is 5.75 Å². The number of pyridine rings is 1.